The smallest absolute Gasteiger partial charge is 0.124 e. The highest BCUT2D eigenvalue weighted by Gasteiger charge is 2.20. The third-order valence-electron chi connectivity index (χ3n) is 3.27. The molecule has 0 aliphatic carbocycles. The molecule has 0 aliphatic rings. The number of nitrogens with one attached hydrogen (secondary N) is 1. The average molecular weight is 365 g/mol. The van der Waals surface area contributed by atoms with Crippen LogP contribution < -0.4 is 5.32 Å². The number of rotatable bonds is 6. The first kappa shape index (κ1) is 15.9. The van der Waals surface area contributed by atoms with Crippen molar-refractivity contribution in [3.05, 3.63) is 33.1 Å². The highest BCUT2D eigenvalue weighted by atomic mass is 127. The Kier molecular flexibility index (Phi) is 6.01. The van der Waals surface area contributed by atoms with Gasteiger partial charge in [-0.1, -0.05) is 6.07 Å². The molecule has 0 saturated carbocycles. The summed E-state index contributed by atoms with van der Waals surface area (Å²) in [6.45, 7) is 4.16. The third kappa shape index (κ3) is 4.48. The molecule has 0 spiro atoms. The zero-order valence-corrected chi connectivity index (χ0v) is 13.5. The Hall–Kier alpha value is -0.200. The minimum Gasteiger partial charge on any atom is -0.379 e. The maximum absolute atomic E-state index is 13.1. The van der Waals surface area contributed by atoms with Crippen LogP contribution in [0.3, 0.4) is 0 Å². The van der Waals surface area contributed by atoms with E-state index < -0.39 is 0 Å². The second-order valence-corrected chi connectivity index (χ2v) is 6.17. The van der Waals surface area contributed by atoms with Gasteiger partial charge in [0.25, 0.3) is 0 Å². The fourth-order valence-electron chi connectivity index (χ4n) is 1.83. The number of methoxy groups -OCH3 is 1. The molecule has 0 aromatic heterocycles. The van der Waals surface area contributed by atoms with Gasteiger partial charge in [0.2, 0.25) is 0 Å². The van der Waals surface area contributed by atoms with E-state index in [1.54, 1.807) is 13.2 Å². The van der Waals surface area contributed by atoms with Gasteiger partial charge in [-0.05, 0) is 74.0 Å². The van der Waals surface area contributed by atoms with E-state index in [0.29, 0.717) is 0 Å². The average Bonchev–Trinajstić information content (AvgIpc) is 2.32. The van der Waals surface area contributed by atoms with Crippen molar-refractivity contribution in [3.63, 3.8) is 0 Å². The minimum absolute atomic E-state index is 0.124. The number of halogens is 2. The molecule has 1 rings (SSSR count). The maximum atomic E-state index is 13.1. The van der Waals surface area contributed by atoms with Crippen LogP contribution in [-0.2, 0) is 4.74 Å². The predicted molar refractivity (Wildman–Crippen MR) is 81.2 cm³/mol. The standard InChI is InChI=1S/C14H21FINO/c1-14(2,18-4)8-7-13(17-3)11-6-5-10(15)9-12(11)16/h5-6,9,13,17H,7-8H2,1-4H3. The molecule has 18 heavy (non-hydrogen) atoms. The fourth-order valence-corrected chi connectivity index (χ4v) is 2.69. The third-order valence-corrected chi connectivity index (χ3v) is 4.21. The Morgan fingerprint density at radius 1 is 1.44 bits per heavy atom. The summed E-state index contributed by atoms with van der Waals surface area (Å²) < 4.78 is 19.5. The second-order valence-electron chi connectivity index (χ2n) is 5.01. The van der Waals surface area contributed by atoms with Gasteiger partial charge in [0.15, 0.2) is 0 Å². The van der Waals surface area contributed by atoms with Crippen molar-refractivity contribution in [2.45, 2.75) is 38.3 Å². The molecule has 0 fully saturated rings. The van der Waals surface area contributed by atoms with Crippen molar-refractivity contribution in [1.82, 2.24) is 5.32 Å². The molecular weight excluding hydrogens is 344 g/mol. The van der Waals surface area contributed by atoms with Crippen LogP contribution in [0.4, 0.5) is 4.39 Å². The topological polar surface area (TPSA) is 21.3 Å². The zero-order valence-electron chi connectivity index (χ0n) is 11.4. The predicted octanol–water partition coefficient (Wildman–Crippen LogP) is 3.90. The van der Waals surface area contributed by atoms with E-state index in [0.717, 1.165) is 22.0 Å². The molecule has 102 valence electrons. The lowest BCUT2D eigenvalue weighted by molar-refractivity contribution is 0.0118. The molecule has 0 aliphatic heterocycles. The van der Waals surface area contributed by atoms with Crippen LogP contribution >= 0.6 is 22.6 Å². The summed E-state index contributed by atoms with van der Waals surface area (Å²) in [5.74, 6) is -0.185. The van der Waals surface area contributed by atoms with Gasteiger partial charge >= 0.3 is 0 Å². The van der Waals surface area contributed by atoms with Crippen molar-refractivity contribution in [1.29, 1.82) is 0 Å². The van der Waals surface area contributed by atoms with Gasteiger partial charge in [0.05, 0.1) is 5.60 Å². The van der Waals surface area contributed by atoms with Gasteiger partial charge in [-0.15, -0.1) is 0 Å². The molecule has 1 atom stereocenters. The van der Waals surface area contributed by atoms with E-state index in [2.05, 4.69) is 41.8 Å². The number of hydrogen-bond acceptors (Lipinski definition) is 2. The summed E-state index contributed by atoms with van der Waals surface area (Å²) in [5, 5.41) is 3.29. The quantitative estimate of drug-likeness (QED) is 0.773. The first-order valence-corrected chi connectivity index (χ1v) is 7.15. The Labute approximate surface area is 122 Å². The van der Waals surface area contributed by atoms with Crippen molar-refractivity contribution >= 4 is 22.6 Å². The normalized spacial score (nSPS) is 13.7. The molecule has 1 unspecified atom stereocenters. The van der Waals surface area contributed by atoms with E-state index in [1.165, 1.54) is 6.07 Å². The minimum atomic E-state index is -0.185. The van der Waals surface area contributed by atoms with Crippen LogP contribution in [0.15, 0.2) is 18.2 Å². The Morgan fingerprint density at radius 3 is 2.61 bits per heavy atom. The van der Waals surface area contributed by atoms with Crippen LogP contribution in [-0.4, -0.2) is 19.8 Å². The molecule has 4 heteroatoms. The summed E-state index contributed by atoms with van der Waals surface area (Å²) in [5.41, 5.74) is 1.02. The lowest BCUT2D eigenvalue weighted by atomic mass is 9.95. The molecule has 0 heterocycles. The van der Waals surface area contributed by atoms with Crippen molar-refractivity contribution in [3.8, 4) is 0 Å². The van der Waals surface area contributed by atoms with Crippen LogP contribution in [0, 0.1) is 9.39 Å². The second kappa shape index (κ2) is 6.82. The first-order chi connectivity index (χ1) is 8.39. The summed E-state index contributed by atoms with van der Waals surface area (Å²) >= 11 is 2.18. The highest BCUT2D eigenvalue weighted by molar-refractivity contribution is 14.1. The summed E-state index contributed by atoms with van der Waals surface area (Å²) in [6, 6.07) is 5.18. The number of hydrogen-bond donors (Lipinski definition) is 1. The molecule has 1 N–H and O–H groups in total. The van der Waals surface area contributed by atoms with Crippen molar-refractivity contribution < 1.29 is 9.13 Å². The van der Waals surface area contributed by atoms with Gasteiger partial charge in [0, 0.05) is 16.7 Å². The van der Waals surface area contributed by atoms with E-state index in [-0.39, 0.29) is 17.5 Å². The molecular formula is C14H21FINO. The van der Waals surface area contributed by atoms with Gasteiger partial charge in [-0.25, -0.2) is 4.39 Å². The number of benzene rings is 1. The molecule has 1 aromatic carbocycles. The molecule has 2 nitrogen and oxygen atoms in total. The molecule has 0 bridgehead atoms. The molecule has 1 aromatic rings. The largest absolute Gasteiger partial charge is 0.379 e. The first-order valence-electron chi connectivity index (χ1n) is 6.07. The Balaban J connectivity index is 2.77. The van der Waals surface area contributed by atoms with Gasteiger partial charge < -0.3 is 10.1 Å². The van der Waals surface area contributed by atoms with Crippen molar-refractivity contribution in [2.24, 2.45) is 0 Å². The van der Waals surface area contributed by atoms with E-state index in [9.17, 15) is 4.39 Å². The van der Waals surface area contributed by atoms with Crippen LogP contribution in [0.1, 0.15) is 38.3 Å². The van der Waals surface area contributed by atoms with Gasteiger partial charge in [0.1, 0.15) is 5.82 Å². The van der Waals surface area contributed by atoms with Crippen LogP contribution in [0.2, 0.25) is 0 Å². The summed E-state index contributed by atoms with van der Waals surface area (Å²) in [4.78, 5) is 0. The van der Waals surface area contributed by atoms with Crippen LogP contribution in [0.25, 0.3) is 0 Å². The fraction of sp³-hybridized carbons (Fsp3) is 0.571. The molecule has 0 amide bonds. The van der Waals surface area contributed by atoms with E-state index in [1.807, 2.05) is 13.1 Å². The Morgan fingerprint density at radius 2 is 2.11 bits per heavy atom. The van der Waals surface area contributed by atoms with Gasteiger partial charge in [-0.3, -0.25) is 0 Å². The zero-order chi connectivity index (χ0) is 13.8. The van der Waals surface area contributed by atoms with E-state index >= 15 is 0 Å². The highest BCUT2D eigenvalue weighted by Crippen LogP contribution is 2.27. The monoisotopic (exact) mass is 365 g/mol. The summed E-state index contributed by atoms with van der Waals surface area (Å²) in [6.07, 6.45) is 1.90. The SMILES string of the molecule is CNC(CCC(C)(C)OC)c1ccc(F)cc1I. The maximum Gasteiger partial charge on any atom is 0.124 e. The van der Waals surface area contributed by atoms with Crippen LogP contribution in [0.5, 0.6) is 0 Å². The number of ether oxygens (including phenoxy) is 1. The summed E-state index contributed by atoms with van der Waals surface area (Å²) in [7, 11) is 3.67. The van der Waals surface area contributed by atoms with Crippen molar-refractivity contribution in [2.75, 3.05) is 14.2 Å². The lowest BCUT2D eigenvalue weighted by Crippen LogP contribution is -2.26. The van der Waals surface area contributed by atoms with Gasteiger partial charge in [-0.2, -0.15) is 0 Å². The lowest BCUT2D eigenvalue weighted by Gasteiger charge is -2.26. The van der Waals surface area contributed by atoms with E-state index in [4.69, 9.17) is 4.74 Å². The molecule has 0 saturated heterocycles. The Bertz CT molecular complexity index is 395. The molecule has 0 radical (unpaired) electrons.